The fourth-order valence-corrected chi connectivity index (χ4v) is 3.76. The number of carboxylic acids is 1. The molecule has 0 aromatic carbocycles. The number of carboxylic acid groups (broad SMARTS) is 1. The zero-order valence-corrected chi connectivity index (χ0v) is 7.90. The van der Waals surface area contributed by atoms with Crippen LogP contribution in [0.5, 0.6) is 0 Å². The van der Waals surface area contributed by atoms with Crippen LogP contribution in [0.25, 0.3) is 0 Å². The maximum atomic E-state index is 11.5. The van der Waals surface area contributed by atoms with Crippen LogP contribution in [0.15, 0.2) is 0 Å². The van der Waals surface area contributed by atoms with E-state index in [-0.39, 0.29) is 29.3 Å². The molecule has 0 amide bonds. The molecule has 4 nitrogen and oxygen atoms in total. The summed E-state index contributed by atoms with van der Waals surface area (Å²) in [6.45, 7) is 1.94. The van der Waals surface area contributed by atoms with Gasteiger partial charge in [0.1, 0.15) is 5.60 Å². The fraction of sp³-hybridized carbons (Fsp3) is 0.800. The molecule has 4 heteroatoms. The lowest BCUT2D eigenvalue weighted by Gasteiger charge is -2.28. The van der Waals surface area contributed by atoms with Crippen molar-refractivity contribution in [3.05, 3.63) is 0 Å². The largest absolute Gasteiger partial charge is 0.481 e. The van der Waals surface area contributed by atoms with Gasteiger partial charge in [-0.25, -0.2) is 0 Å². The number of rotatable bonds is 1. The molecular weight excluding hydrogens is 184 g/mol. The summed E-state index contributed by atoms with van der Waals surface area (Å²) in [7, 11) is 0. The molecule has 1 heterocycles. The normalized spacial score (nSPS) is 53.6. The number of esters is 1. The van der Waals surface area contributed by atoms with Gasteiger partial charge in [0.05, 0.1) is 11.8 Å². The molecule has 0 unspecified atom stereocenters. The van der Waals surface area contributed by atoms with Crippen molar-refractivity contribution in [1.82, 2.24) is 0 Å². The van der Waals surface area contributed by atoms with Gasteiger partial charge in [-0.1, -0.05) is 0 Å². The van der Waals surface area contributed by atoms with Crippen LogP contribution in [0, 0.1) is 23.7 Å². The zero-order valence-electron chi connectivity index (χ0n) is 7.90. The van der Waals surface area contributed by atoms with Gasteiger partial charge in [-0.3, -0.25) is 9.59 Å². The zero-order chi connectivity index (χ0) is 10.1. The first kappa shape index (κ1) is 8.26. The third-order valence-corrected chi connectivity index (χ3v) is 4.23. The summed E-state index contributed by atoms with van der Waals surface area (Å²) < 4.78 is 5.30. The van der Waals surface area contributed by atoms with Crippen LogP contribution in [0.2, 0.25) is 0 Å². The molecule has 2 bridgehead atoms. The molecule has 3 aliphatic rings. The Bertz CT molecular complexity index is 337. The van der Waals surface area contributed by atoms with Crippen molar-refractivity contribution < 1.29 is 19.4 Å². The molecule has 3 rings (SSSR count). The molecule has 5 atom stereocenters. The average molecular weight is 196 g/mol. The van der Waals surface area contributed by atoms with Crippen molar-refractivity contribution in [3.63, 3.8) is 0 Å². The van der Waals surface area contributed by atoms with E-state index in [1.807, 2.05) is 6.92 Å². The van der Waals surface area contributed by atoms with E-state index in [2.05, 4.69) is 0 Å². The highest BCUT2D eigenvalue weighted by Crippen LogP contribution is 2.62. The number of fused-ring (bicyclic) bond motifs is 1. The molecular formula is C10H12O4. The van der Waals surface area contributed by atoms with Gasteiger partial charge in [0.25, 0.3) is 0 Å². The molecule has 1 aliphatic heterocycles. The van der Waals surface area contributed by atoms with Gasteiger partial charge >= 0.3 is 11.9 Å². The van der Waals surface area contributed by atoms with Crippen molar-refractivity contribution in [1.29, 1.82) is 0 Å². The van der Waals surface area contributed by atoms with Crippen LogP contribution in [0.1, 0.15) is 19.8 Å². The molecule has 0 radical (unpaired) electrons. The van der Waals surface area contributed by atoms with E-state index in [1.54, 1.807) is 0 Å². The summed E-state index contributed by atoms with van der Waals surface area (Å²) in [5.41, 5.74) is -0.349. The minimum atomic E-state index is -0.830. The van der Waals surface area contributed by atoms with Crippen molar-refractivity contribution in [3.8, 4) is 0 Å². The van der Waals surface area contributed by atoms with Gasteiger partial charge in [-0.05, 0) is 25.7 Å². The SMILES string of the molecule is C[C@@]12C[C@H]3C[C@@H]1[C@H](C(=O)O2)[C@@H]3C(=O)O. The Morgan fingerprint density at radius 3 is 3.00 bits per heavy atom. The van der Waals surface area contributed by atoms with Crippen molar-refractivity contribution in [2.24, 2.45) is 23.7 Å². The monoisotopic (exact) mass is 196 g/mol. The van der Waals surface area contributed by atoms with Gasteiger partial charge in [-0.15, -0.1) is 0 Å². The number of carbonyl (C=O) groups excluding carboxylic acids is 1. The Balaban J connectivity index is 2.05. The highest BCUT2D eigenvalue weighted by molar-refractivity contribution is 5.85. The molecule has 0 aromatic rings. The van der Waals surface area contributed by atoms with E-state index in [0.29, 0.717) is 0 Å². The Labute approximate surface area is 81.2 Å². The van der Waals surface area contributed by atoms with Crippen LogP contribution < -0.4 is 0 Å². The number of carbonyl (C=O) groups is 2. The van der Waals surface area contributed by atoms with Crippen LogP contribution in [-0.2, 0) is 14.3 Å². The second-order valence-electron chi connectivity index (χ2n) is 4.93. The highest BCUT2D eigenvalue weighted by Gasteiger charge is 2.69. The highest BCUT2D eigenvalue weighted by atomic mass is 16.6. The predicted octanol–water partition coefficient (Wildman–Crippen LogP) is 0.659. The summed E-state index contributed by atoms with van der Waals surface area (Å²) in [6.07, 6.45) is 1.58. The predicted molar refractivity (Wildman–Crippen MR) is 45.3 cm³/mol. The first-order chi connectivity index (χ1) is 6.53. The molecule has 0 aromatic heterocycles. The molecule has 0 spiro atoms. The summed E-state index contributed by atoms with van der Waals surface area (Å²) in [5, 5.41) is 9.05. The van der Waals surface area contributed by atoms with Gasteiger partial charge in [0, 0.05) is 5.92 Å². The standard InChI is InChI=1S/C10H12O4/c1-10-3-4-2-5(10)7(9(13)14-10)6(4)8(11)12/h4-7H,2-3H2,1H3,(H,11,12)/t4-,5-,6-,7+,10-/m1/s1. The average Bonchev–Trinajstić information content (AvgIpc) is 2.58. The second kappa shape index (κ2) is 2.12. The minimum absolute atomic E-state index is 0.152. The first-order valence-corrected chi connectivity index (χ1v) is 4.98. The van der Waals surface area contributed by atoms with E-state index in [1.165, 1.54) is 0 Å². The second-order valence-corrected chi connectivity index (χ2v) is 4.93. The maximum absolute atomic E-state index is 11.5. The van der Waals surface area contributed by atoms with Crippen LogP contribution in [0.4, 0.5) is 0 Å². The maximum Gasteiger partial charge on any atom is 0.310 e. The minimum Gasteiger partial charge on any atom is -0.481 e. The molecule has 2 aliphatic carbocycles. The molecule has 3 fully saturated rings. The van der Waals surface area contributed by atoms with E-state index in [9.17, 15) is 9.59 Å². The van der Waals surface area contributed by atoms with Crippen LogP contribution >= 0.6 is 0 Å². The van der Waals surface area contributed by atoms with E-state index < -0.39 is 11.9 Å². The quantitative estimate of drug-likeness (QED) is 0.626. The Morgan fingerprint density at radius 2 is 2.36 bits per heavy atom. The van der Waals surface area contributed by atoms with Crippen LogP contribution in [-0.4, -0.2) is 22.6 Å². The Morgan fingerprint density at radius 1 is 1.64 bits per heavy atom. The van der Waals surface area contributed by atoms with Crippen molar-refractivity contribution >= 4 is 11.9 Å². The van der Waals surface area contributed by atoms with Gasteiger partial charge < -0.3 is 9.84 Å². The third kappa shape index (κ3) is 0.713. The Kier molecular flexibility index (Phi) is 1.25. The summed E-state index contributed by atoms with van der Waals surface area (Å²) in [5.74, 6) is -1.66. The van der Waals surface area contributed by atoms with Crippen molar-refractivity contribution in [2.45, 2.75) is 25.4 Å². The van der Waals surface area contributed by atoms with E-state index >= 15 is 0 Å². The number of hydrogen-bond donors (Lipinski definition) is 1. The third-order valence-electron chi connectivity index (χ3n) is 4.23. The lowest BCUT2D eigenvalue weighted by atomic mass is 9.75. The van der Waals surface area contributed by atoms with Crippen LogP contribution in [0.3, 0.4) is 0 Å². The lowest BCUT2D eigenvalue weighted by molar-refractivity contribution is -0.152. The first-order valence-electron chi connectivity index (χ1n) is 4.98. The molecule has 1 saturated heterocycles. The van der Waals surface area contributed by atoms with E-state index in [0.717, 1.165) is 12.8 Å². The molecule has 76 valence electrons. The summed E-state index contributed by atoms with van der Waals surface area (Å²) in [6, 6.07) is 0. The van der Waals surface area contributed by atoms with Gasteiger partial charge in [0.2, 0.25) is 0 Å². The lowest BCUT2D eigenvalue weighted by Crippen LogP contribution is -2.36. The number of aliphatic carboxylic acids is 1. The number of hydrogen-bond acceptors (Lipinski definition) is 3. The Hall–Kier alpha value is -1.06. The topological polar surface area (TPSA) is 63.6 Å². The van der Waals surface area contributed by atoms with Gasteiger partial charge in [-0.2, -0.15) is 0 Å². The summed E-state index contributed by atoms with van der Waals surface area (Å²) in [4.78, 5) is 22.5. The fourth-order valence-electron chi connectivity index (χ4n) is 3.76. The molecule has 14 heavy (non-hydrogen) atoms. The molecule has 1 N–H and O–H groups in total. The summed E-state index contributed by atoms with van der Waals surface area (Å²) >= 11 is 0. The van der Waals surface area contributed by atoms with Gasteiger partial charge in [0.15, 0.2) is 0 Å². The molecule has 2 saturated carbocycles. The van der Waals surface area contributed by atoms with Crippen molar-refractivity contribution in [2.75, 3.05) is 0 Å². The number of ether oxygens (including phenoxy) is 1. The smallest absolute Gasteiger partial charge is 0.310 e. The van der Waals surface area contributed by atoms with E-state index in [4.69, 9.17) is 9.84 Å².